The number of rotatable bonds is 5. The quantitative estimate of drug-likeness (QED) is 0.735. The Morgan fingerprint density at radius 1 is 1.45 bits per heavy atom. The van der Waals surface area contributed by atoms with E-state index in [4.69, 9.17) is 5.73 Å². The van der Waals surface area contributed by atoms with E-state index in [9.17, 15) is 17.6 Å². The Bertz CT molecular complexity index is 644. The van der Waals surface area contributed by atoms with Crippen LogP contribution in [0, 0.1) is 5.82 Å². The van der Waals surface area contributed by atoms with Gasteiger partial charge >= 0.3 is 0 Å². The average Bonchev–Trinajstić information content (AvgIpc) is 2.35. The lowest BCUT2D eigenvalue weighted by atomic mass is 10.2. The van der Waals surface area contributed by atoms with Crippen molar-refractivity contribution in [3.63, 3.8) is 0 Å². The molecule has 0 unspecified atom stereocenters. The van der Waals surface area contributed by atoms with Crippen molar-refractivity contribution in [2.24, 2.45) is 5.73 Å². The van der Waals surface area contributed by atoms with Gasteiger partial charge in [-0.25, -0.2) is 17.5 Å². The lowest BCUT2D eigenvalue weighted by molar-refractivity contribution is -0.127. The van der Waals surface area contributed by atoms with Crippen LogP contribution in [-0.4, -0.2) is 44.9 Å². The molecular formula is C11H14FN3O3S2. The summed E-state index contributed by atoms with van der Waals surface area (Å²) >= 11 is 4.65. The summed E-state index contributed by atoms with van der Waals surface area (Å²) < 4.78 is 39.8. The first-order chi connectivity index (χ1) is 9.16. The van der Waals surface area contributed by atoms with Crippen molar-refractivity contribution in [3.05, 3.63) is 29.6 Å². The lowest BCUT2D eigenvalue weighted by Gasteiger charge is -2.13. The third-order valence-electron chi connectivity index (χ3n) is 2.42. The fraction of sp³-hybridized carbons (Fsp3) is 0.273. The van der Waals surface area contributed by atoms with Gasteiger partial charge in [0.2, 0.25) is 15.9 Å². The first-order valence-electron chi connectivity index (χ1n) is 5.45. The van der Waals surface area contributed by atoms with Gasteiger partial charge in [0, 0.05) is 14.1 Å². The number of hydrogen-bond acceptors (Lipinski definition) is 4. The fourth-order valence-corrected chi connectivity index (χ4v) is 2.83. The van der Waals surface area contributed by atoms with Crippen molar-refractivity contribution in [1.82, 2.24) is 9.62 Å². The maximum Gasteiger partial charge on any atom is 0.241 e. The topological polar surface area (TPSA) is 92.5 Å². The first kappa shape index (κ1) is 16.5. The summed E-state index contributed by atoms with van der Waals surface area (Å²) in [4.78, 5) is 11.8. The summed E-state index contributed by atoms with van der Waals surface area (Å²) in [6, 6.07) is 3.44. The van der Waals surface area contributed by atoms with Gasteiger partial charge in [-0.05, 0) is 12.1 Å². The highest BCUT2D eigenvalue weighted by Crippen LogP contribution is 2.18. The smallest absolute Gasteiger partial charge is 0.241 e. The van der Waals surface area contributed by atoms with E-state index < -0.39 is 33.2 Å². The lowest BCUT2D eigenvalue weighted by Crippen LogP contribution is -2.37. The number of hydrogen-bond donors (Lipinski definition) is 2. The molecule has 6 nitrogen and oxygen atoms in total. The highest BCUT2D eigenvalue weighted by atomic mass is 32.2. The summed E-state index contributed by atoms with van der Waals surface area (Å²) in [5, 5.41) is 0. The molecule has 0 radical (unpaired) electrons. The molecule has 0 bridgehead atoms. The molecule has 9 heteroatoms. The molecule has 0 atom stereocenters. The minimum absolute atomic E-state index is 0.368. The van der Waals surface area contributed by atoms with Gasteiger partial charge in [0.25, 0.3) is 0 Å². The number of sulfonamides is 1. The molecule has 0 aromatic heterocycles. The standard InChI is InChI=1S/C11H14FN3O3S2/c1-15(2)9(16)6-14-20(17,18)8-5-3-4-7(12)10(8)11(13)19/h3-5,14H,6H2,1-2H3,(H2,13,19). The molecule has 0 spiro atoms. The number of likely N-dealkylation sites (N-methyl/N-ethyl adjacent to an activating group) is 1. The van der Waals surface area contributed by atoms with Crippen LogP contribution in [0.15, 0.2) is 23.1 Å². The van der Waals surface area contributed by atoms with E-state index in [1.165, 1.54) is 31.1 Å². The Hall–Kier alpha value is -1.58. The maximum absolute atomic E-state index is 13.6. The van der Waals surface area contributed by atoms with Gasteiger partial charge < -0.3 is 10.6 Å². The highest BCUT2D eigenvalue weighted by molar-refractivity contribution is 7.89. The monoisotopic (exact) mass is 319 g/mol. The minimum Gasteiger partial charge on any atom is -0.389 e. The van der Waals surface area contributed by atoms with Crippen LogP contribution < -0.4 is 10.5 Å². The van der Waals surface area contributed by atoms with Gasteiger partial charge in [-0.2, -0.15) is 0 Å². The van der Waals surface area contributed by atoms with Crippen LogP contribution in [0.4, 0.5) is 4.39 Å². The summed E-state index contributed by atoms with van der Waals surface area (Å²) in [7, 11) is -1.12. The van der Waals surface area contributed by atoms with Crippen molar-refractivity contribution in [1.29, 1.82) is 0 Å². The fourth-order valence-electron chi connectivity index (χ4n) is 1.36. The number of amides is 1. The number of carbonyl (C=O) groups excluding carboxylic acids is 1. The van der Waals surface area contributed by atoms with Crippen LogP contribution in [0.2, 0.25) is 0 Å². The molecule has 0 aliphatic rings. The Morgan fingerprint density at radius 2 is 2.05 bits per heavy atom. The first-order valence-corrected chi connectivity index (χ1v) is 7.34. The van der Waals surface area contributed by atoms with Crippen LogP contribution in [0.3, 0.4) is 0 Å². The molecule has 1 amide bonds. The molecule has 0 fully saturated rings. The summed E-state index contributed by atoms with van der Waals surface area (Å²) in [6.07, 6.45) is 0. The largest absolute Gasteiger partial charge is 0.389 e. The van der Waals surface area contributed by atoms with E-state index in [0.717, 1.165) is 6.07 Å². The van der Waals surface area contributed by atoms with E-state index in [1.807, 2.05) is 0 Å². The number of nitrogens with one attached hydrogen (secondary N) is 1. The van der Waals surface area contributed by atoms with Gasteiger partial charge in [-0.15, -0.1) is 0 Å². The van der Waals surface area contributed by atoms with E-state index in [0.29, 0.717) is 0 Å². The van der Waals surface area contributed by atoms with Crippen LogP contribution in [0.25, 0.3) is 0 Å². The molecule has 3 N–H and O–H groups in total. The van der Waals surface area contributed by atoms with Crippen molar-refractivity contribution in [3.8, 4) is 0 Å². The number of nitrogens with two attached hydrogens (primary N) is 1. The van der Waals surface area contributed by atoms with Crippen LogP contribution in [-0.2, 0) is 14.8 Å². The predicted molar refractivity (Wildman–Crippen MR) is 76.2 cm³/mol. The number of benzene rings is 1. The normalized spacial score (nSPS) is 11.2. The Balaban J connectivity index is 3.14. The molecule has 0 saturated carbocycles. The summed E-state index contributed by atoms with van der Waals surface area (Å²) in [5.41, 5.74) is 4.97. The predicted octanol–water partition coefficient (Wildman–Crippen LogP) is -0.174. The second-order valence-corrected chi connectivity index (χ2v) is 6.27. The average molecular weight is 319 g/mol. The van der Waals surface area contributed by atoms with Crippen molar-refractivity contribution < 1.29 is 17.6 Å². The Kier molecular flexibility index (Phi) is 5.15. The molecule has 1 aromatic rings. The third-order valence-corrected chi connectivity index (χ3v) is 4.07. The molecule has 0 saturated heterocycles. The van der Waals surface area contributed by atoms with E-state index >= 15 is 0 Å². The summed E-state index contributed by atoms with van der Waals surface area (Å²) in [6.45, 7) is -0.442. The highest BCUT2D eigenvalue weighted by Gasteiger charge is 2.23. The number of carbonyl (C=O) groups is 1. The van der Waals surface area contributed by atoms with Crippen LogP contribution in [0.1, 0.15) is 5.56 Å². The molecular weight excluding hydrogens is 305 g/mol. The van der Waals surface area contributed by atoms with Gasteiger partial charge in [0.05, 0.1) is 17.0 Å². The van der Waals surface area contributed by atoms with Crippen LogP contribution in [0.5, 0.6) is 0 Å². The minimum atomic E-state index is -4.09. The molecule has 1 rings (SSSR count). The Labute approximate surface area is 121 Å². The second-order valence-electron chi connectivity index (χ2n) is 4.09. The van der Waals surface area contributed by atoms with Gasteiger partial charge in [-0.1, -0.05) is 18.3 Å². The van der Waals surface area contributed by atoms with E-state index in [2.05, 4.69) is 16.9 Å². The van der Waals surface area contributed by atoms with Crippen LogP contribution >= 0.6 is 12.2 Å². The van der Waals surface area contributed by atoms with E-state index in [-0.39, 0.29) is 10.6 Å². The van der Waals surface area contributed by atoms with Gasteiger partial charge in [0.15, 0.2) is 0 Å². The number of thiocarbonyl (C=S) groups is 1. The molecule has 0 aliphatic carbocycles. The van der Waals surface area contributed by atoms with E-state index in [1.54, 1.807) is 0 Å². The molecule has 110 valence electrons. The molecule has 0 heterocycles. The second kappa shape index (κ2) is 6.25. The summed E-state index contributed by atoms with van der Waals surface area (Å²) in [5.74, 6) is -1.28. The third kappa shape index (κ3) is 3.71. The number of nitrogens with zero attached hydrogens (tertiary/aromatic N) is 1. The zero-order valence-corrected chi connectivity index (χ0v) is 12.5. The van der Waals surface area contributed by atoms with Gasteiger partial charge in [-0.3, -0.25) is 4.79 Å². The molecule has 0 aliphatic heterocycles. The zero-order valence-electron chi connectivity index (χ0n) is 10.9. The van der Waals surface area contributed by atoms with Crippen molar-refractivity contribution in [2.75, 3.05) is 20.6 Å². The SMILES string of the molecule is CN(C)C(=O)CNS(=O)(=O)c1cccc(F)c1C(N)=S. The number of halogens is 1. The van der Waals surface area contributed by atoms with Crippen molar-refractivity contribution >= 4 is 33.1 Å². The van der Waals surface area contributed by atoms with Gasteiger partial charge in [0.1, 0.15) is 10.8 Å². The maximum atomic E-state index is 13.6. The molecule has 20 heavy (non-hydrogen) atoms. The zero-order chi connectivity index (χ0) is 15.5. The molecule has 1 aromatic carbocycles. The Morgan fingerprint density at radius 3 is 2.55 bits per heavy atom. The van der Waals surface area contributed by atoms with Crippen molar-refractivity contribution in [2.45, 2.75) is 4.90 Å².